The molecule has 4 heteroatoms. The highest BCUT2D eigenvalue weighted by atomic mass is 79.9. The van der Waals surface area contributed by atoms with Gasteiger partial charge in [-0.3, -0.25) is 4.98 Å². The first kappa shape index (κ1) is 13.4. The van der Waals surface area contributed by atoms with E-state index < -0.39 is 0 Å². The lowest BCUT2D eigenvalue weighted by Gasteiger charge is -2.11. The van der Waals surface area contributed by atoms with Gasteiger partial charge >= 0.3 is 0 Å². The summed E-state index contributed by atoms with van der Waals surface area (Å²) < 4.78 is 6.11. The molecule has 2 nitrogen and oxygen atoms in total. The predicted octanol–water partition coefficient (Wildman–Crippen LogP) is 4.38. The molecule has 1 aromatic carbocycles. The lowest BCUT2D eigenvalue weighted by Crippen LogP contribution is -1.98. The van der Waals surface area contributed by atoms with Gasteiger partial charge in [-0.25, -0.2) is 0 Å². The number of pyridine rings is 1. The molecule has 0 aliphatic rings. The van der Waals surface area contributed by atoms with Crippen molar-refractivity contribution in [3.8, 4) is 5.75 Å². The summed E-state index contributed by atoms with van der Waals surface area (Å²) >= 11 is 9.87. The van der Waals surface area contributed by atoms with Crippen molar-refractivity contribution < 1.29 is 4.74 Å². The molecule has 0 amide bonds. The van der Waals surface area contributed by atoms with Gasteiger partial charge in [0.15, 0.2) is 0 Å². The van der Waals surface area contributed by atoms with Crippen molar-refractivity contribution in [3.63, 3.8) is 0 Å². The average Bonchev–Trinajstić information content (AvgIpc) is 2.39. The molecular weight excluding hydrogens is 314 g/mol. The number of alkyl halides is 1. The van der Waals surface area contributed by atoms with Crippen LogP contribution >= 0.6 is 27.5 Å². The number of nitrogens with zero attached hydrogens (tertiary/aromatic N) is 1. The zero-order valence-corrected chi connectivity index (χ0v) is 12.3. The molecular formula is C14H13BrClNO. The van der Waals surface area contributed by atoms with Crippen molar-refractivity contribution in [2.75, 3.05) is 7.11 Å². The number of halogens is 2. The van der Waals surface area contributed by atoms with Crippen molar-refractivity contribution >= 4 is 27.5 Å². The number of aromatic nitrogens is 1. The van der Waals surface area contributed by atoms with Crippen LogP contribution < -0.4 is 4.74 Å². The normalized spacial score (nSPS) is 12.2. The molecule has 0 aliphatic heterocycles. The van der Waals surface area contributed by atoms with Crippen LogP contribution in [0.1, 0.15) is 16.6 Å². The molecule has 18 heavy (non-hydrogen) atoms. The third-order valence-corrected chi connectivity index (χ3v) is 3.68. The summed E-state index contributed by atoms with van der Waals surface area (Å²) in [6.45, 7) is 0. The van der Waals surface area contributed by atoms with E-state index >= 15 is 0 Å². The molecule has 2 aromatic rings. The maximum absolute atomic E-state index is 6.41. The van der Waals surface area contributed by atoms with E-state index in [1.807, 2.05) is 36.4 Å². The highest BCUT2D eigenvalue weighted by Crippen LogP contribution is 2.31. The van der Waals surface area contributed by atoms with Crippen LogP contribution in [0.25, 0.3) is 0 Å². The molecule has 0 radical (unpaired) electrons. The van der Waals surface area contributed by atoms with E-state index in [0.717, 1.165) is 21.5 Å². The molecule has 1 heterocycles. The fourth-order valence-corrected chi connectivity index (χ4v) is 2.55. The average molecular weight is 327 g/mol. The molecule has 0 saturated carbocycles. The van der Waals surface area contributed by atoms with E-state index in [-0.39, 0.29) is 5.38 Å². The van der Waals surface area contributed by atoms with Gasteiger partial charge in [-0.05, 0) is 45.8 Å². The minimum atomic E-state index is -0.0953. The van der Waals surface area contributed by atoms with E-state index in [2.05, 4.69) is 20.9 Å². The summed E-state index contributed by atoms with van der Waals surface area (Å²) in [5.41, 5.74) is 2.04. The zero-order chi connectivity index (χ0) is 13.0. The lowest BCUT2D eigenvalue weighted by molar-refractivity contribution is 0.412. The summed E-state index contributed by atoms with van der Waals surface area (Å²) in [7, 11) is 1.64. The number of hydrogen-bond acceptors (Lipinski definition) is 2. The second-order valence-corrected chi connectivity index (χ2v) is 5.27. The van der Waals surface area contributed by atoms with Crippen LogP contribution in [-0.4, -0.2) is 12.1 Å². The Balaban J connectivity index is 2.14. The summed E-state index contributed by atoms with van der Waals surface area (Å²) in [5, 5.41) is -0.0953. The van der Waals surface area contributed by atoms with E-state index in [1.165, 1.54) is 0 Å². The number of benzene rings is 1. The van der Waals surface area contributed by atoms with Crippen LogP contribution in [0.2, 0.25) is 0 Å². The van der Waals surface area contributed by atoms with Crippen molar-refractivity contribution in [1.29, 1.82) is 0 Å². The smallest absolute Gasteiger partial charge is 0.133 e. The standard InChI is InChI=1S/C14H13BrClNO/c1-18-14-6-5-10(8-12(14)15)13(16)9-11-4-2-3-7-17-11/h2-8,13H,9H2,1H3. The summed E-state index contributed by atoms with van der Waals surface area (Å²) in [5.74, 6) is 0.806. The molecule has 0 saturated heterocycles. The van der Waals surface area contributed by atoms with E-state index in [1.54, 1.807) is 13.3 Å². The Morgan fingerprint density at radius 1 is 1.33 bits per heavy atom. The van der Waals surface area contributed by atoms with Gasteiger partial charge in [0.1, 0.15) is 5.75 Å². The van der Waals surface area contributed by atoms with Gasteiger partial charge in [0.25, 0.3) is 0 Å². The van der Waals surface area contributed by atoms with Gasteiger partial charge in [0.05, 0.1) is 17.0 Å². The Kier molecular flexibility index (Phi) is 4.61. The second-order valence-electron chi connectivity index (χ2n) is 3.89. The van der Waals surface area contributed by atoms with Crippen LogP contribution in [-0.2, 0) is 6.42 Å². The molecule has 94 valence electrons. The summed E-state index contributed by atoms with van der Waals surface area (Å²) in [6, 6.07) is 11.7. The van der Waals surface area contributed by atoms with Gasteiger partial charge in [0, 0.05) is 18.3 Å². The Hall–Kier alpha value is -1.06. The quantitative estimate of drug-likeness (QED) is 0.778. The van der Waals surface area contributed by atoms with Crippen molar-refractivity contribution in [3.05, 3.63) is 58.3 Å². The SMILES string of the molecule is COc1ccc(C(Cl)Cc2ccccn2)cc1Br. The van der Waals surface area contributed by atoms with Gasteiger partial charge in [0.2, 0.25) is 0 Å². The minimum Gasteiger partial charge on any atom is -0.496 e. The topological polar surface area (TPSA) is 22.1 Å². The fourth-order valence-electron chi connectivity index (χ4n) is 1.70. The summed E-state index contributed by atoms with van der Waals surface area (Å²) in [6.07, 6.45) is 2.49. The Morgan fingerprint density at radius 3 is 2.78 bits per heavy atom. The summed E-state index contributed by atoms with van der Waals surface area (Å²) in [4.78, 5) is 4.28. The van der Waals surface area contributed by atoms with E-state index in [0.29, 0.717) is 6.42 Å². The van der Waals surface area contributed by atoms with E-state index in [9.17, 15) is 0 Å². The van der Waals surface area contributed by atoms with Gasteiger partial charge in [-0.15, -0.1) is 11.6 Å². The minimum absolute atomic E-state index is 0.0953. The van der Waals surface area contributed by atoms with Crippen molar-refractivity contribution in [2.24, 2.45) is 0 Å². The number of methoxy groups -OCH3 is 1. The molecule has 0 N–H and O–H groups in total. The van der Waals surface area contributed by atoms with Crippen LogP contribution in [0.15, 0.2) is 47.1 Å². The van der Waals surface area contributed by atoms with Crippen molar-refractivity contribution in [1.82, 2.24) is 4.98 Å². The largest absolute Gasteiger partial charge is 0.496 e. The number of rotatable bonds is 4. The lowest BCUT2D eigenvalue weighted by atomic mass is 10.1. The van der Waals surface area contributed by atoms with Crippen LogP contribution in [0.5, 0.6) is 5.75 Å². The van der Waals surface area contributed by atoms with Crippen LogP contribution in [0.3, 0.4) is 0 Å². The first-order valence-electron chi connectivity index (χ1n) is 5.58. The molecule has 1 unspecified atom stereocenters. The molecule has 0 spiro atoms. The maximum Gasteiger partial charge on any atom is 0.133 e. The highest BCUT2D eigenvalue weighted by Gasteiger charge is 2.11. The monoisotopic (exact) mass is 325 g/mol. The Bertz CT molecular complexity index is 518. The number of hydrogen-bond donors (Lipinski definition) is 0. The maximum atomic E-state index is 6.41. The van der Waals surface area contributed by atoms with Gasteiger partial charge < -0.3 is 4.74 Å². The fraction of sp³-hybridized carbons (Fsp3) is 0.214. The number of ether oxygens (including phenoxy) is 1. The third-order valence-electron chi connectivity index (χ3n) is 2.65. The van der Waals surface area contributed by atoms with Crippen molar-refractivity contribution in [2.45, 2.75) is 11.8 Å². The first-order chi connectivity index (χ1) is 8.70. The Morgan fingerprint density at radius 2 is 2.17 bits per heavy atom. The predicted molar refractivity (Wildman–Crippen MR) is 77.2 cm³/mol. The first-order valence-corrected chi connectivity index (χ1v) is 6.81. The molecule has 0 fully saturated rings. The highest BCUT2D eigenvalue weighted by molar-refractivity contribution is 9.10. The molecule has 2 rings (SSSR count). The molecule has 0 bridgehead atoms. The third kappa shape index (κ3) is 3.24. The Labute approximate surface area is 120 Å². The molecule has 0 aliphatic carbocycles. The molecule has 1 aromatic heterocycles. The van der Waals surface area contributed by atoms with Crippen LogP contribution in [0.4, 0.5) is 0 Å². The molecule has 1 atom stereocenters. The van der Waals surface area contributed by atoms with Gasteiger partial charge in [-0.1, -0.05) is 12.1 Å². The van der Waals surface area contributed by atoms with Crippen LogP contribution in [0, 0.1) is 0 Å². The second kappa shape index (κ2) is 6.21. The van der Waals surface area contributed by atoms with E-state index in [4.69, 9.17) is 16.3 Å². The zero-order valence-electron chi connectivity index (χ0n) is 9.94. The van der Waals surface area contributed by atoms with Gasteiger partial charge in [-0.2, -0.15) is 0 Å².